The Morgan fingerprint density at radius 1 is 0.875 bits per heavy atom. The van der Waals surface area contributed by atoms with Crippen molar-refractivity contribution < 1.29 is 0 Å². The lowest BCUT2D eigenvalue weighted by molar-refractivity contribution is 0.308. The molecule has 1 fully saturated rings. The zero-order valence-corrected chi connectivity index (χ0v) is 17.1. The Bertz CT molecular complexity index is 513. The number of hydrogen-bond acceptors (Lipinski definition) is 1. The molecule has 1 nitrogen and oxygen atoms in total. The second-order valence-electron chi connectivity index (χ2n) is 10.0. The summed E-state index contributed by atoms with van der Waals surface area (Å²) in [6.45, 7) is 16.0. The summed E-state index contributed by atoms with van der Waals surface area (Å²) in [6, 6.07) is 4.85. The molecule has 0 saturated heterocycles. The molecule has 136 valence electrons. The molecule has 2 rings (SSSR count). The van der Waals surface area contributed by atoms with E-state index in [1.54, 1.807) is 0 Å². The Morgan fingerprint density at radius 3 is 1.71 bits per heavy atom. The Kier molecular flexibility index (Phi) is 5.72. The number of nitrogen functional groups attached to an aromatic ring is 1. The van der Waals surface area contributed by atoms with Gasteiger partial charge in [0.25, 0.3) is 0 Å². The second-order valence-corrected chi connectivity index (χ2v) is 10.0. The van der Waals surface area contributed by atoms with Crippen LogP contribution in [-0.2, 0) is 10.8 Å². The van der Waals surface area contributed by atoms with Gasteiger partial charge in [0.05, 0.1) is 0 Å². The highest BCUT2D eigenvalue weighted by molar-refractivity contribution is 5.61. The van der Waals surface area contributed by atoms with Gasteiger partial charge in [-0.05, 0) is 65.0 Å². The van der Waals surface area contributed by atoms with Crippen molar-refractivity contribution >= 4 is 5.69 Å². The maximum atomic E-state index is 6.62. The zero-order valence-electron chi connectivity index (χ0n) is 17.1. The summed E-state index contributed by atoms with van der Waals surface area (Å²) in [7, 11) is 0. The molecular formula is C23H39N. The summed E-state index contributed by atoms with van der Waals surface area (Å²) in [4.78, 5) is 0. The minimum atomic E-state index is 0.0967. The van der Waals surface area contributed by atoms with Gasteiger partial charge >= 0.3 is 0 Å². The number of hydrogen-bond donors (Lipinski definition) is 1. The minimum absolute atomic E-state index is 0.0967. The van der Waals surface area contributed by atoms with Crippen LogP contribution >= 0.6 is 0 Å². The van der Waals surface area contributed by atoms with E-state index in [0.29, 0.717) is 0 Å². The summed E-state index contributed by atoms with van der Waals surface area (Å²) in [5.74, 6) is 1.69. The molecule has 1 aromatic carbocycles. The molecule has 0 spiro atoms. The molecule has 0 aliphatic heterocycles. The fourth-order valence-electron chi connectivity index (χ4n) is 4.35. The predicted molar refractivity (Wildman–Crippen MR) is 108 cm³/mol. The minimum Gasteiger partial charge on any atom is -0.398 e. The van der Waals surface area contributed by atoms with Gasteiger partial charge in [0.2, 0.25) is 0 Å². The van der Waals surface area contributed by atoms with Gasteiger partial charge in [-0.15, -0.1) is 0 Å². The molecule has 1 aliphatic rings. The van der Waals surface area contributed by atoms with E-state index in [1.165, 1.54) is 55.2 Å². The summed E-state index contributed by atoms with van der Waals surface area (Å²) in [5, 5.41) is 0. The molecule has 1 aromatic rings. The SMILES string of the molecule is CCCC1CCC(c2cc(C(C)(C)C)c(N)c(C(C)(C)C)c2)CC1. The molecule has 1 saturated carbocycles. The highest BCUT2D eigenvalue weighted by Crippen LogP contribution is 2.43. The summed E-state index contributed by atoms with van der Waals surface area (Å²) < 4.78 is 0. The van der Waals surface area contributed by atoms with Crippen molar-refractivity contribution in [2.75, 3.05) is 5.73 Å². The van der Waals surface area contributed by atoms with Crippen molar-refractivity contribution in [2.24, 2.45) is 5.92 Å². The third-order valence-electron chi connectivity index (χ3n) is 5.83. The molecular weight excluding hydrogens is 290 g/mol. The molecule has 0 heterocycles. The number of anilines is 1. The molecule has 0 aromatic heterocycles. The smallest absolute Gasteiger partial charge is 0.0390 e. The van der Waals surface area contributed by atoms with Crippen LogP contribution in [-0.4, -0.2) is 0 Å². The van der Waals surface area contributed by atoms with Crippen molar-refractivity contribution in [3.05, 3.63) is 28.8 Å². The Labute approximate surface area is 150 Å². The van der Waals surface area contributed by atoms with Crippen molar-refractivity contribution in [1.82, 2.24) is 0 Å². The Morgan fingerprint density at radius 2 is 1.33 bits per heavy atom. The molecule has 0 atom stereocenters. The molecule has 1 heteroatoms. The fourth-order valence-corrected chi connectivity index (χ4v) is 4.35. The van der Waals surface area contributed by atoms with Gasteiger partial charge in [0.15, 0.2) is 0 Å². The number of rotatable bonds is 3. The van der Waals surface area contributed by atoms with Crippen molar-refractivity contribution in [3.8, 4) is 0 Å². The molecule has 0 bridgehead atoms. The van der Waals surface area contributed by atoms with Gasteiger partial charge in [0.1, 0.15) is 0 Å². The molecule has 0 unspecified atom stereocenters. The van der Waals surface area contributed by atoms with Crippen LogP contribution in [0.4, 0.5) is 5.69 Å². The monoisotopic (exact) mass is 329 g/mol. The van der Waals surface area contributed by atoms with E-state index < -0.39 is 0 Å². The van der Waals surface area contributed by atoms with Crippen LogP contribution in [0.2, 0.25) is 0 Å². The van der Waals surface area contributed by atoms with Gasteiger partial charge < -0.3 is 5.73 Å². The summed E-state index contributed by atoms with van der Waals surface area (Å²) >= 11 is 0. The second kappa shape index (κ2) is 7.10. The lowest BCUT2D eigenvalue weighted by Gasteiger charge is -2.33. The number of benzene rings is 1. The predicted octanol–water partition coefficient (Wildman–Crippen LogP) is 6.94. The molecule has 2 N–H and O–H groups in total. The van der Waals surface area contributed by atoms with Gasteiger partial charge in [-0.3, -0.25) is 0 Å². The first-order chi connectivity index (χ1) is 11.0. The Hall–Kier alpha value is -0.980. The summed E-state index contributed by atoms with van der Waals surface area (Å²) in [5.41, 5.74) is 12.0. The van der Waals surface area contributed by atoms with Crippen LogP contribution in [0, 0.1) is 5.92 Å². The van der Waals surface area contributed by atoms with E-state index in [4.69, 9.17) is 5.73 Å². The highest BCUT2D eigenvalue weighted by Gasteiger charge is 2.28. The zero-order chi connectivity index (χ0) is 18.1. The average molecular weight is 330 g/mol. The van der Waals surface area contributed by atoms with Crippen LogP contribution in [0.5, 0.6) is 0 Å². The standard InChI is InChI=1S/C23H39N/c1-8-9-16-10-12-17(13-11-16)18-14-19(22(2,3)4)21(24)20(15-18)23(5,6)7/h14-17H,8-13,24H2,1-7H3. The third-order valence-corrected chi connectivity index (χ3v) is 5.83. The first kappa shape index (κ1) is 19.3. The highest BCUT2D eigenvalue weighted by atomic mass is 14.6. The van der Waals surface area contributed by atoms with Crippen LogP contribution in [0.15, 0.2) is 12.1 Å². The van der Waals surface area contributed by atoms with Crippen molar-refractivity contribution in [2.45, 2.75) is 104 Å². The molecule has 24 heavy (non-hydrogen) atoms. The summed E-state index contributed by atoms with van der Waals surface area (Å²) in [6.07, 6.45) is 8.25. The first-order valence-corrected chi connectivity index (χ1v) is 9.98. The van der Waals surface area contributed by atoms with Crippen LogP contribution < -0.4 is 5.73 Å². The van der Waals surface area contributed by atoms with E-state index in [1.807, 2.05) is 0 Å². The maximum Gasteiger partial charge on any atom is 0.0390 e. The maximum absolute atomic E-state index is 6.62. The van der Waals surface area contributed by atoms with Gasteiger partial charge in [0, 0.05) is 5.69 Å². The molecule has 0 radical (unpaired) electrons. The van der Waals surface area contributed by atoms with Crippen LogP contribution in [0.25, 0.3) is 0 Å². The topological polar surface area (TPSA) is 26.0 Å². The van der Waals surface area contributed by atoms with E-state index in [-0.39, 0.29) is 10.8 Å². The van der Waals surface area contributed by atoms with Crippen molar-refractivity contribution in [1.29, 1.82) is 0 Å². The van der Waals surface area contributed by atoms with Crippen molar-refractivity contribution in [3.63, 3.8) is 0 Å². The molecule has 0 amide bonds. The quantitative estimate of drug-likeness (QED) is 0.597. The van der Waals surface area contributed by atoms with Gasteiger partial charge in [-0.1, -0.05) is 73.4 Å². The average Bonchev–Trinajstić information content (AvgIpc) is 2.46. The third kappa shape index (κ3) is 4.35. The Balaban J connectivity index is 2.37. The normalized spacial score (nSPS) is 22.6. The number of nitrogens with two attached hydrogens (primary N) is 1. The largest absolute Gasteiger partial charge is 0.398 e. The van der Waals surface area contributed by atoms with E-state index in [2.05, 4.69) is 60.6 Å². The van der Waals surface area contributed by atoms with E-state index in [0.717, 1.165) is 17.5 Å². The van der Waals surface area contributed by atoms with Crippen LogP contribution in [0.3, 0.4) is 0 Å². The van der Waals surface area contributed by atoms with E-state index in [9.17, 15) is 0 Å². The van der Waals surface area contributed by atoms with Gasteiger partial charge in [-0.25, -0.2) is 0 Å². The lowest BCUT2D eigenvalue weighted by atomic mass is 9.73. The lowest BCUT2D eigenvalue weighted by Crippen LogP contribution is -2.22. The van der Waals surface area contributed by atoms with Crippen LogP contribution in [0.1, 0.15) is 110 Å². The van der Waals surface area contributed by atoms with E-state index >= 15 is 0 Å². The van der Waals surface area contributed by atoms with Gasteiger partial charge in [-0.2, -0.15) is 0 Å². The molecule has 1 aliphatic carbocycles. The fraction of sp³-hybridized carbons (Fsp3) is 0.739. The first-order valence-electron chi connectivity index (χ1n) is 9.98.